The van der Waals surface area contributed by atoms with Crippen LogP contribution in [0.4, 0.5) is 10.5 Å². The summed E-state index contributed by atoms with van der Waals surface area (Å²) < 4.78 is 31.9. The number of halogens is 1. The van der Waals surface area contributed by atoms with Crippen LogP contribution in [-0.2, 0) is 16.7 Å². The second-order valence-electron chi connectivity index (χ2n) is 4.40. The predicted octanol–water partition coefficient (Wildman–Crippen LogP) is 3.02. The third-order valence-electron chi connectivity index (χ3n) is 2.79. The van der Waals surface area contributed by atoms with Crippen molar-refractivity contribution >= 4 is 37.8 Å². The van der Waals surface area contributed by atoms with E-state index in [-0.39, 0.29) is 10.6 Å². The van der Waals surface area contributed by atoms with Crippen molar-refractivity contribution in [2.75, 3.05) is 5.32 Å². The normalized spacial score (nSPS) is 11.0. The van der Waals surface area contributed by atoms with Crippen LogP contribution in [0.15, 0.2) is 57.9 Å². The summed E-state index contributed by atoms with van der Waals surface area (Å²) in [4.78, 5) is 11.5. The smallest absolute Gasteiger partial charge is 0.319 e. The number of rotatable bonds is 4. The molecule has 0 aliphatic heterocycles. The van der Waals surface area contributed by atoms with Crippen LogP contribution < -0.4 is 10.6 Å². The Morgan fingerprint density at radius 3 is 2.55 bits per heavy atom. The molecule has 0 heterocycles. The standard InChI is InChI=1S/C14H13BrN2O4S/c15-13-7-2-1-4-10(13)9-16-14(18)17-11-5-3-6-12(8-11)22(19,20)21/h1-8H,9H2,(H2,16,17,18)(H,19,20,21). The number of anilines is 1. The summed E-state index contributed by atoms with van der Waals surface area (Å²) in [5.41, 5.74) is 1.17. The highest BCUT2D eigenvalue weighted by Gasteiger charge is 2.10. The molecule has 116 valence electrons. The number of amides is 2. The van der Waals surface area contributed by atoms with Crippen LogP contribution in [0.2, 0.25) is 0 Å². The van der Waals surface area contributed by atoms with E-state index in [1.165, 1.54) is 24.3 Å². The number of urea groups is 1. The Hall–Kier alpha value is -1.90. The van der Waals surface area contributed by atoms with Crippen molar-refractivity contribution in [3.05, 3.63) is 58.6 Å². The zero-order valence-corrected chi connectivity index (χ0v) is 13.7. The van der Waals surface area contributed by atoms with Gasteiger partial charge in [-0.3, -0.25) is 4.55 Å². The molecule has 8 heteroatoms. The maximum Gasteiger partial charge on any atom is 0.319 e. The summed E-state index contributed by atoms with van der Waals surface area (Å²) in [6.45, 7) is 0.311. The zero-order valence-electron chi connectivity index (χ0n) is 11.3. The van der Waals surface area contributed by atoms with Crippen molar-refractivity contribution in [3.8, 4) is 0 Å². The van der Waals surface area contributed by atoms with Gasteiger partial charge >= 0.3 is 6.03 Å². The van der Waals surface area contributed by atoms with E-state index in [2.05, 4.69) is 26.6 Å². The molecular weight excluding hydrogens is 372 g/mol. The largest absolute Gasteiger partial charge is 0.334 e. The third-order valence-corrected chi connectivity index (χ3v) is 4.41. The highest BCUT2D eigenvalue weighted by atomic mass is 79.9. The average molecular weight is 385 g/mol. The Kier molecular flexibility index (Phi) is 5.17. The third kappa shape index (κ3) is 4.55. The van der Waals surface area contributed by atoms with Crippen molar-refractivity contribution in [2.45, 2.75) is 11.4 Å². The molecule has 0 aromatic heterocycles. The second-order valence-corrected chi connectivity index (χ2v) is 6.68. The maximum absolute atomic E-state index is 11.8. The van der Waals surface area contributed by atoms with Crippen molar-refractivity contribution in [1.82, 2.24) is 5.32 Å². The molecule has 0 saturated carbocycles. The fourth-order valence-corrected chi connectivity index (χ4v) is 2.68. The molecule has 2 amide bonds. The zero-order chi connectivity index (χ0) is 16.2. The molecule has 0 aliphatic carbocycles. The van der Waals surface area contributed by atoms with E-state index in [0.29, 0.717) is 6.54 Å². The monoisotopic (exact) mass is 384 g/mol. The summed E-state index contributed by atoms with van der Waals surface area (Å²) in [6, 6.07) is 12.3. The van der Waals surface area contributed by atoms with Crippen LogP contribution >= 0.6 is 15.9 Å². The first-order valence-electron chi connectivity index (χ1n) is 6.22. The van der Waals surface area contributed by atoms with Crippen LogP contribution in [0.3, 0.4) is 0 Å². The number of carbonyl (C=O) groups is 1. The van der Waals surface area contributed by atoms with Crippen molar-refractivity contribution < 1.29 is 17.8 Å². The first-order valence-corrected chi connectivity index (χ1v) is 8.45. The molecule has 2 aromatic rings. The van der Waals surface area contributed by atoms with Gasteiger partial charge in [-0.15, -0.1) is 0 Å². The Labute approximate surface area is 136 Å². The summed E-state index contributed by atoms with van der Waals surface area (Å²) in [5, 5.41) is 5.16. The van der Waals surface area contributed by atoms with E-state index in [4.69, 9.17) is 4.55 Å². The van der Waals surface area contributed by atoms with Crippen molar-refractivity contribution in [2.24, 2.45) is 0 Å². The van der Waals surface area contributed by atoms with Gasteiger partial charge in [0.2, 0.25) is 0 Å². The minimum Gasteiger partial charge on any atom is -0.334 e. The summed E-state index contributed by atoms with van der Waals surface area (Å²) in [6.07, 6.45) is 0. The van der Waals surface area contributed by atoms with Crippen molar-refractivity contribution in [1.29, 1.82) is 0 Å². The maximum atomic E-state index is 11.8. The van der Waals surface area contributed by atoms with E-state index in [1.807, 2.05) is 24.3 Å². The first kappa shape index (κ1) is 16.5. The van der Waals surface area contributed by atoms with Crippen molar-refractivity contribution in [3.63, 3.8) is 0 Å². The Bertz CT molecular complexity index is 793. The molecule has 3 N–H and O–H groups in total. The van der Waals surface area contributed by atoms with Gasteiger partial charge in [-0.1, -0.05) is 40.2 Å². The summed E-state index contributed by atoms with van der Waals surface area (Å²) in [5.74, 6) is 0. The SMILES string of the molecule is O=C(NCc1ccccc1Br)Nc1cccc(S(=O)(=O)O)c1. The molecule has 0 atom stereocenters. The van der Waals surface area contributed by atoms with E-state index in [0.717, 1.165) is 10.0 Å². The number of nitrogens with one attached hydrogen (secondary N) is 2. The topological polar surface area (TPSA) is 95.5 Å². The molecular formula is C14H13BrN2O4S. The van der Waals surface area contributed by atoms with Crippen LogP contribution in [0, 0.1) is 0 Å². The van der Waals surface area contributed by atoms with Gasteiger partial charge in [0.1, 0.15) is 0 Å². The minimum absolute atomic E-state index is 0.264. The number of hydrogen-bond donors (Lipinski definition) is 3. The first-order chi connectivity index (χ1) is 10.4. The van der Waals surface area contributed by atoms with E-state index >= 15 is 0 Å². The second kappa shape index (κ2) is 6.91. The molecule has 2 rings (SSSR count). The van der Waals surface area contributed by atoms with Gasteiger partial charge in [0.15, 0.2) is 0 Å². The van der Waals surface area contributed by atoms with Gasteiger partial charge in [0.25, 0.3) is 10.1 Å². The van der Waals surface area contributed by atoms with Gasteiger partial charge in [-0.2, -0.15) is 8.42 Å². The van der Waals surface area contributed by atoms with Crippen LogP contribution in [0.5, 0.6) is 0 Å². The van der Waals surface area contributed by atoms with Crippen LogP contribution in [0.1, 0.15) is 5.56 Å². The quantitative estimate of drug-likeness (QED) is 0.705. The molecule has 0 aliphatic rings. The fourth-order valence-electron chi connectivity index (χ4n) is 1.73. The molecule has 0 fully saturated rings. The summed E-state index contributed by atoms with van der Waals surface area (Å²) >= 11 is 3.38. The number of benzene rings is 2. The molecule has 0 saturated heterocycles. The molecule has 0 unspecified atom stereocenters. The Morgan fingerprint density at radius 1 is 1.14 bits per heavy atom. The lowest BCUT2D eigenvalue weighted by Crippen LogP contribution is -2.28. The minimum atomic E-state index is -4.30. The molecule has 0 spiro atoms. The molecule has 0 bridgehead atoms. The van der Waals surface area contributed by atoms with E-state index in [9.17, 15) is 13.2 Å². The van der Waals surface area contributed by atoms with Gasteiger partial charge in [0.05, 0.1) is 4.90 Å². The van der Waals surface area contributed by atoms with Gasteiger partial charge in [-0.05, 0) is 29.8 Å². The average Bonchev–Trinajstić information content (AvgIpc) is 2.46. The van der Waals surface area contributed by atoms with Gasteiger partial charge in [0, 0.05) is 16.7 Å². The fraction of sp³-hybridized carbons (Fsp3) is 0.0714. The lowest BCUT2D eigenvalue weighted by Gasteiger charge is -2.09. The Balaban J connectivity index is 2.00. The number of hydrogen-bond acceptors (Lipinski definition) is 3. The van der Waals surface area contributed by atoms with Gasteiger partial charge in [-0.25, -0.2) is 4.79 Å². The Morgan fingerprint density at radius 2 is 1.86 bits per heavy atom. The lowest BCUT2D eigenvalue weighted by atomic mass is 10.2. The van der Waals surface area contributed by atoms with Gasteiger partial charge < -0.3 is 10.6 Å². The predicted molar refractivity (Wildman–Crippen MR) is 86.3 cm³/mol. The van der Waals surface area contributed by atoms with Crippen LogP contribution in [-0.4, -0.2) is 19.0 Å². The molecule has 2 aromatic carbocycles. The molecule has 0 radical (unpaired) electrons. The highest BCUT2D eigenvalue weighted by Crippen LogP contribution is 2.16. The number of carbonyl (C=O) groups excluding carboxylic acids is 1. The molecule has 6 nitrogen and oxygen atoms in total. The van der Waals surface area contributed by atoms with E-state index in [1.54, 1.807) is 0 Å². The summed E-state index contributed by atoms with van der Waals surface area (Å²) in [7, 11) is -4.30. The highest BCUT2D eigenvalue weighted by molar-refractivity contribution is 9.10. The van der Waals surface area contributed by atoms with Crippen LogP contribution in [0.25, 0.3) is 0 Å². The van der Waals surface area contributed by atoms with E-state index < -0.39 is 16.1 Å². The molecule has 22 heavy (non-hydrogen) atoms. The lowest BCUT2D eigenvalue weighted by molar-refractivity contribution is 0.251.